The summed E-state index contributed by atoms with van der Waals surface area (Å²) in [7, 11) is 0. The summed E-state index contributed by atoms with van der Waals surface area (Å²) in [5.74, 6) is -0.870. The van der Waals surface area contributed by atoms with Gasteiger partial charge in [-0.3, -0.25) is 9.59 Å². The average Bonchev–Trinajstić information content (AvgIpc) is 2.64. The van der Waals surface area contributed by atoms with Gasteiger partial charge in [-0.2, -0.15) is 0 Å². The number of hydrogen-bond donors (Lipinski definition) is 0. The standard InChI is InChI=1S/C20H19ClFNO2/c1-14(24)20(15-5-3-2-4-6-15)9-11-23(12-10-20)19(25)17-13-16(21)7-8-18(17)22/h2-8,13H,9-12H2,1H3. The van der Waals surface area contributed by atoms with Gasteiger partial charge in [0.2, 0.25) is 0 Å². The minimum Gasteiger partial charge on any atom is -0.338 e. The molecule has 1 aliphatic rings. The first-order chi connectivity index (χ1) is 11.9. The van der Waals surface area contributed by atoms with Crippen molar-refractivity contribution in [3.8, 4) is 0 Å². The first kappa shape index (κ1) is 17.6. The number of ketones is 1. The summed E-state index contributed by atoms with van der Waals surface area (Å²) in [6.07, 6.45) is 1.06. The number of amides is 1. The van der Waals surface area contributed by atoms with Crippen molar-refractivity contribution in [2.24, 2.45) is 0 Å². The molecule has 5 heteroatoms. The summed E-state index contributed by atoms with van der Waals surface area (Å²) >= 11 is 5.88. The van der Waals surface area contributed by atoms with Gasteiger partial charge in [0.1, 0.15) is 11.6 Å². The lowest BCUT2D eigenvalue weighted by atomic mass is 9.70. The van der Waals surface area contributed by atoms with E-state index >= 15 is 0 Å². The van der Waals surface area contributed by atoms with E-state index in [1.807, 2.05) is 30.3 Å². The van der Waals surface area contributed by atoms with Crippen LogP contribution in [-0.4, -0.2) is 29.7 Å². The summed E-state index contributed by atoms with van der Waals surface area (Å²) in [6.45, 7) is 2.40. The molecule has 0 unspecified atom stereocenters. The van der Waals surface area contributed by atoms with E-state index < -0.39 is 11.2 Å². The van der Waals surface area contributed by atoms with E-state index in [1.165, 1.54) is 18.2 Å². The Morgan fingerprint density at radius 1 is 1.08 bits per heavy atom. The Labute approximate surface area is 151 Å². The zero-order valence-electron chi connectivity index (χ0n) is 14.0. The molecule has 0 N–H and O–H groups in total. The van der Waals surface area contributed by atoms with Crippen LogP contribution in [0.5, 0.6) is 0 Å². The van der Waals surface area contributed by atoms with Crippen LogP contribution in [0.1, 0.15) is 35.7 Å². The van der Waals surface area contributed by atoms with Gasteiger partial charge < -0.3 is 4.90 Å². The fourth-order valence-corrected chi connectivity index (χ4v) is 3.70. The fraction of sp³-hybridized carbons (Fsp3) is 0.300. The van der Waals surface area contributed by atoms with Crippen LogP contribution in [0.25, 0.3) is 0 Å². The highest BCUT2D eigenvalue weighted by Gasteiger charge is 2.41. The molecule has 130 valence electrons. The number of piperidine rings is 1. The van der Waals surface area contributed by atoms with Crippen molar-refractivity contribution >= 4 is 23.3 Å². The molecule has 0 spiro atoms. The Bertz CT molecular complexity index is 799. The molecule has 25 heavy (non-hydrogen) atoms. The normalized spacial score (nSPS) is 16.5. The molecule has 0 atom stereocenters. The molecular weight excluding hydrogens is 341 g/mol. The SMILES string of the molecule is CC(=O)C1(c2ccccc2)CCN(C(=O)c2cc(Cl)ccc2F)CC1. The minimum absolute atomic E-state index is 0.0254. The summed E-state index contributed by atoms with van der Waals surface area (Å²) < 4.78 is 14.0. The number of likely N-dealkylation sites (tertiary alicyclic amines) is 1. The molecule has 0 aromatic heterocycles. The van der Waals surface area contributed by atoms with Gasteiger partial charge in [-0.15, -0.1) is 0 Å². The van der Waals surface area contributed by atoms with Crippen LogP contribution in [-0.2, 0) is 10.2 Å². The second-order valence-corrected chi connectivity index (χ2v) is 6.86. The summed E-state index contributed by atoms with van der Waals surface area (Å²) in [6, 6.07) is 13.6. The van der Waals surface area contributed by atoms with Crippen LogP contribution >= 0.6 is 11.6 Å². The van der Waals surface area contributed by atoms with Crippen molar-refractivity contribution in [2.45, 2.75) is 25.2 Å². The number of carbonyl (C=O) groups excluding carboxylic acids is 2. The molecule has 1 aliphatic heterocycles. The van der Waals surface area contributed by atoms with E-state index in [0.29, 0.717) is 31.0 Å². The predicted octanol–water partition coefficient (Wildman–Crippen LogP) is 4.24. The lowest BCUT2D eigenvalue weighted by molar-refractivity contribution is -0.124. The van der Waals surface area contributed by atoms with Crippen molar-refractivity contribution in [1.82, 2.24) is 4.90 Å². The van der Waals surface area contributed by atoms with Crippen LogP contribution in [0.2, 0.25) is 5.02 Å². The van der Waals surface area contributed by atoms with Gasteiger partial charge in [0.25, 0.3) is 5.91 Å². The number of halogens is 2. The van der Waals surface area contributed by atoms with E-state index in [2.05, 4.69) is 0 Å². The van der Waals surface area contributed by atoms with Crippen molar-refractivity contribution in [3.63, 3.8) is 0 Å². The Morgan fingerprint density at radius 3 is 2.32 bits per heavy atom. The number of rotatable bonds is 3. The van der Waals surface area contributed by atoms with Crippen molar-refractivity contribution < 1.29 is 14.0 Å². The first-order valence-corrected chi connectivity index (χ1v) is 8.63. The van der Waals surface area contributed by atoms with E-state index in [0.717, 1.165) is 5.56 Å². The van der Waals surface area contributed by atoms with Crippen LogP contribution in [0, 0.1) is 5.82 Å². The van der Waals surface area contributed by atoms with Gasteiger partial charge in [-0.25, -0.2) is 4.39 Å². The molecule has 1 amide bonds. The molecule has 0 bridgehead atoms. The maximum absolute atomic E-state index is 14.0. The van der Waals surface area contributed by atoms with Crippen molar-refractivity contribution in [2.75, 3.05) is 13.1 Å². The summed E-state index contributed by atoms with van der Waals surface area (Å²) in [5.41, 5.74) is 0.372. The molecule has 0 saturated carbocycles. The molecule has 0 radical (unpaired) electrons. The van der Waals surface area contributed by atoms with E-state index in [-0.39, 0.29) is 17.3 Å². The van der Waals surface area contributed by atoms with Gasteiger partial charge >= 0.3 is 0 Å². The monoisotopic (exact) mass is 359 g/mol. The average molecular weight is 360 g/mol. The predicted molar refractivity (Wildman–Crippen MR) is 95.3 cm³/mol. The first-order valence-electron chi connectivity index (χ1n) is 8.25. The number of carbonyl (C=O) groups is 2. The molecule has 1 heterocycles. The number of hydrogen-bond acceptors (Lipinski definition) is 2. The van der Waals surface area contributed by atoms with Crippen LogP contribution < -0.4 is 0 Å². The number of Topliss-reactive ketones (excluding diaryl/α,β-unsaturated/α-hetero) is 1. The van der Waals surface area contributed by atoms with Gasteiger partial charge in [0.05, 0.1) is 11.0 Å². The van der Waals surface area contributed by atoms with Crippen molar-refractivity contribution in [3.05, 3.63) is 70.5 Å². The third-order valence-corrected chi connectivity index (χ3v) is 5.30. The quantitative estimate of drug-likeness (QED) is 0.821. The second kappa shape index (κ2) is 6.96. The molecule has 2 aromatic carbocycles. The molecule has 1 saturated heterocycles. The van der Waals surface area contributed by atoms with Gasteiger partial charge in [0.15, 0.2) is 0 Å². The highest BCUT2D eigenvalue weighted by Crippen LogP contribution is 2.37. The minimum atomic E-state index is -0.583. The third kappa shape index (κ3) is 3.31. The highest BCUT2D eigenvalue weighted by atomic mass is 35.5. The van der Waals surface area contributed by atoms with Gasteiger partial charge in [-0.05, 0) is 43.5 Å². The van der Waals surface area contributed by atoms with Crippen LogP contribution in [0.15, 0.2) is 48.5 Å². The van der Waals surface area contributed by atoms with Crippen molar-refractivity contribution in [1.29, 1.82) is 0 Å². The maximum Gasteiger partial charge on any atom is 0.256 e. The fourth-order valence-electron chi connectivity index (χ4n) is 3.52. The Hall–Kier alpha value is -2.20. The van der Waals surface area contributed by atoms with E-state index in [9.17, 15) is 14.0 Å². The zero-order valence-corrected chi connectivity index (χ0v) is 14.7. The lowest BCUT2D eigenvalue weighted by Gasteiger charge is -2.40. The Morgan fingerprint density at radius 2 is 1.72 bits per heavy atom. The highest BCUT2D eigenvalue weighted by molar-refractivity contribution is 6.31. The maximum atomic E-state index is 14.0. The molecule has 3 rings (SSSR count). The largest absolute Gasteiger partial charge is 0.338 e. The third-order valence-electron chi connectivity index (χ3n) is 5.06. The van der Waals surface area contributed by atoms with Gasteiger partial charge in [0, 0.05) is 18.1 Å². The summed E-state index contributed by atoms with van der Waals surface area (Å²) in [4.78, 5) is 26.6. The Kier molecular flexibility index (Phi) is 4.91. The van der Waals surface area contributed by atoms with E-state index in [4.69, 9.17) is 11.6 Å². The zero-order chi connectivity index (χ0) is 18.0. The molecular formula is C20H19ClFNO2. The number of benzene rings is 2. The second-order valence-electron chi connectivity index (χ2n) is 6.42. The lowest BCUT2D eigenvalue weighted by Crippen LogP contribution is -2.48. The Balaban J connectivity index is 1.82. The van der Waals surface area contributed by atoms with Crippen LogP contribution in [0.3, 0.4) is 0 Å². The van der Waals surface area contributed by atoms with Gasteiger partial charge in [-0.1, -0.05) is 41.9 Å². The smallest absolute Gasteiger partial charge is 0.256 e. The van der Waals surface area contributed by atoms with Crippen LogP contribution in [0.4, 0.5) is 4.39 Å². The molecule has 2 aromatic rings. The molecule has 3 nitrogen and oxygen atoms in total. The topological polar surface area (TPSA) is 37.4 Å². The number of nitrogens with zero attached hydrogens (tertiary/aromatic N) is 1. The molecule has 1 fully saturated rings. The molecule has 0 aliphatic carbocycles. The van der Waals surface area contributed by atoms with E-state index in [1.54, 1.807) is 11.8 Å². The summed E-state index contributed by atoms with van der Waals surface area (Å²) in [5, 5.41) is 0.323.